The number of hydrogen-bond acceptors (Lipinski definition) is 5. The molecule has 7 nitrogen and oxygen atoms in total. The Bertz CT molecular complexity index is 461. The summed E-state index contributed by atoms with van der Waals surface area (Å²) >= 11 is 0. The third-order valence-corrected chi connectivity index (χ3v) is 5.72. The second kappa shape index (κ2) is 4.75. The van der Waals surface area contributed by atoms with Crippen LogP contribution in [0.1, 0.15) is 25.7 Å². The molecule has 2 amide bonds. The van der Waals surface area contributed by atoms with Crippen molar-refractivity contribution >= 4 is 21.8 Å². The topological polar surface area (TPSA) is 115 Å². The lowest BCUT2D eigenvalue weighted by molar-refractivity contribution is -0.305. The summed E-state index contributed by atoms with van der Waals surface area (Å²) in [5, 5.41) is 14.8. The molecule has 102 valence electrons. The maximum absolute atomic E-state index is 11.9. The molecule has 0 unspecified atom stereocenters. The highest BCUT2D eigenvalue weighted by Gasteiger charge is 2.51. The van der Waals surface area contributed by atoms with Crippen LogP contribution in [0.25, 0.3) is 0 Å². The van der Waals surface area contributed by atoms with Gasteiger partial charge in [-0.05, 0) is 19.3 Å². The van der Waals surface area contributed by atoms with Gasteiger partial charge in [-0.25, -0.2) is 13.2 Å². The number of aliphatic carboxylic acids is 1. The molecular weight excluding hydrogens is 260 g/mol. The van der Waals surface area contributed by atoms with Gasteiger partial charge in [-0.15, -0.1) is 0 Å². The second-order valence-electron chi connectivity index (χ2n) is 4.74. The fourth-order valence-electron chi connectivity index (χ4n) is 2.62. The Balaban J connectivity index is 1.93. The zero-order valence-corrected chi connectivity index (χ0v) is 10.5. The first-order valence-electron chi connectivity index (χ1n) is 5.88. The first-order chi connectivity index (χ1) is 8.40. The van der Waals surface area contributed by atoms with Gasteiger partial charge in [-0.3, -0.25) is 0 Å². The molecule has 2 heterocycles. The van der Waals surface area contributed by atoms with E-state index in [0.717, 1.165) is 0 Å². The van der Waals surface area contributed by atoms with E-state index in [2.05, 4.69) is 10.6 Å². The third kappa shape index (κ3) is 2.58. The molecule has 2 rings (SSSR count). The second-order valence-corrected chi connectivity index (χ2v) is 7.00. The van der Waals surface area contributed by atoms with E-state index in [-0.39, 0.29) is 30.3 Å². The summed E-state index contributed by atoms with van der Waals surface area (Å²) in [5.41, 5.74) is 0. The smallest absolute Gasteiger partial charge is 0.315 e. The van der Waals surface area contributed by atoms with Crippen LogP contribution in [0.15, 0.2) is 0 Å². The number of hydrogen-bond donors (Lipinski definition) is 2. The maximum atomic E-state index is 11.9. The number of urea groups is 1. The summed E-state index contributed by atoms with van der Waals surface area (Å²) in [6.07, 6.45) is 1.20. The SMILES string of the molecule is O=C([O-])CCCC[C@H]1[C@H]2NC(=O)N[C@H]2CS1(=O)=O. The largest absolute Gasteiger partial charge is 0.550 e. The zero-order chi connectivity index (χ0) is 13.3. The molecule has 0 aromatic rings. The normalized spacial score (nSPS) is 32.7. The molecule has 2 N–H and O–H groups in total. The van der Waals surface area contributed by atoms with E-state index in [4.69, 9.17) is 0 Å². The van der Waals surface area contributed by atoms with Gasteiger partial charge >= 0.3 is 6.03 Å². The molecule has 2 aliphatic heterocycles. The van der Waals surface area contributed by atoms with Gasteiger partial charge in [0.1, 0.15) is 0 Å². The van der Waals surface area contributed by atoms with Crippen molar-refractivity contribution in [3.05, 3.63) is 0 Å². The van der Waals surface area contributed by atoms with Crippen LogP contribution in [0.5, 0.6) is 0 Å². The van der Waals surface area contributed by atoms with Gasteiger partial charge < -0.3 is 20.5 Å². The summed E-state index contributed by atoms with van der Waals surface area (Å²) in [6.45, 7) is 0. The summed E-state index contributed by atoms with van der Waals surface area (Å²) in [4.78, 5) is 21.4. The number of sulfone groups is 1. The van der Waals surface area contributed by atoms with Crippen molar-refractivity contribution in [3.8, 4) is 0 Å². The Hall–Kier alpha value is -1.31. The van der Waals surface area contributed by atoms with Crippen molar-refractivity contribution in [3.63, 3.8) is 0 Å². The molecule has 2 saturated heterocycles. The van der Waals surface area contributed by atoms with E-state index >= 15 is 0 Å². The molecule has 18 heavy (non-hydrogen) atoms. The first-order valence-corrected chi connectivity index (χ1v) is 7.60. The van der Waals surface area contributed by atoms with Crippen molar-refractivity contribution < 1.29 is 23.1 Å². The number of unbranched alkanes of at least 4 members (excludes halogenated alkanes) is 1. The van der Waals surface area contributed by atoms with Gasteiger partial charge in [0.15, 0.2) is 9.84 Å². The molecule has 0 spiro atoms. The lowest BCUT2D eigenvalue weighted by atomic mass is 10.0. The van der Waals surface area contributed by atoms with Crippen molar-refractivity contribution in [2.75, 3.05) is 5.75 Å². The number of carbonyl (C=O) groups excluding carboxylic acids is 2. The molecule has 0 aliphatic carbocycles. The Morgan fingerprint density at radius 2 is 2.06 bits per heavy atom. The maximum Gasteiger partial charge on any atom is 0.315 e. The standard InChI is InChI=1S/C10H16N2O5S/c13-8(14)4-2-1-3-7-9-6(5-18(7,16)17)11-10(15)12-9/h6-7,9H,1-5H2,(H,13,14)(H2,11,12,15)/p-1/t6-,7-,9-/m0/s1. The van der Waals surface area contributed by atoms with Crippen LogP contribution in [0.3, 0.4) is 0 Å². The summed E-state index contributed by atoms with van der Waals surface area (Å²) in [6, 6.07) is -1.07. The van der Waals surface area contributed by atoms with Crippen LogP contribution in [-0.4, -0.2) is 43.5 Å². The minimum Gasteiger partial charge on any atom is -0.550 e. The minimum absolute atomic E-state index is 0.0401. The minimum atomic E-state index is -3.21. The van der Waals surface area contributed by atoms with Crippen LogP contribution >= 0.6 is 0 Å². The molecule has 8 heteroatoms. The van der Waals surface area contributed by atoms with Crippen molar-refractivity contribution in [2.45, 2.75) is 43.0 Å². The highest BCUT2D eigenvalue weighted by atomic mass is 32.2. The van der Waals surface area contributed by atoms with E-state index in [1.165, 1.54) is 0 Å². The Kier molecular flexibility index (Phi) is 3.47. The quantitative estimate of drug-likeness (QED) is 0.451. The number of rotatable bonds is 5. The highest BCUT2D eigenvalue weighted by molar-refractivity contribution is 7.92. The number of carbonyl (C=O) groups is 2. The summed E-state index contributed by atoms with van der Waals surface area (Å²) in [7, 11) is -3.21. The predicted octanol–water partition coefficient (Wildman–Crippen LogP) is -1.86. The lowest BCUT2D eigenvalue weighted by Gasteiger charge is -2.16. The number of nitrogens with one attached hydrogen (secondary N) is 2. The molecule has 2 aliphatic rings. The molecular formula is C10H15N2O5S-. The average molecular weight is 275 g/mol. The molecule has 0 aromatic carbocycles. The van der Waals surface area contributed by atoms with Gasteiger partial charge in [0.2, 0.25) is 0 Å². The van der Waals surface area contributed by atoms with Crippen LogP contribution in [-0.2, 0) is 14.6 Å². The van der Waals surface area contributed by atoms with E-state index in [0.29, 0.717) is 19.3 Å². The number of amides is 2. The summed E-state index contributed by atoms with van der Waals surface area (Å²) < 4.78 is 23.8. The number of carboxylic acid groups (broad SMARTS) is 1. The van der Waals surface area contributed by atoms with Crippen molar-refractivity contribution in [1.29, 1.82) is 0 Å². The monoisotopic (exact) mass is 275 g/mol. The van der Waals surface area contributed by atoms with Gasteiger partial charge in [-0.2, -0.15) is 0 Å². The van der Waals surface area contributed by atoms with E-state index in [1.54, 1.807) is 0 Å². The van der Waals surface area contributed by atoms with Crippen LogP contribution in [0, 0.1) is 0 Å². The van der Waals surface area contributed by atoms with E-state index in [9.17, 15) is 23.1 Å². The van der Waals surface area contributed by atoms with Gasteiger partial charge in [0.05, 0.1) is 23.1 Å². The van der Waals surface area contributed by atoms with E-state index in [1.807, 2.05) is 0 Å². The van der Waals surface area contributed by atoms with Crippen LogP contribution in [0.2, 0.25) is 0 Å². The average Bonchev–Trinajstić information content (AvgIpc) is 2.66. The molecule has 0 saturated carbocycles. The van der Waals surface area contributed by atoms with Crippen LogP contribution in [0.4, 0.5) is 4.79 Å². The Labute approximate surface area is 105 Å². The fourth-order valence-corrected chi connectivity index (χ4v) is 4.89. The molecule has 2 fully saturated rings. The predicted molar refractivity (Wildman–Crippen MR) is 60.3 cm³/mol. The Morgan fingerprint density at radius 1 is 1.33 bits per heavy atom. The zero-order valence-electron chi connectivity index (χ0n) is 9.72. The fraction of sp³-hybridized carbons (Fsp3) is 0.800. The van der Waals surface area contributed by atoms with Gasteiger partial charge in [-0.1, -0.05) is 6.42 Å². The molecule has 0 aromatic heterocycles. The van der Waals surface area contributed by atoms with Crippen LogP contribution < -0.4 is 15.7 Å². The van der Waals surface area contributed by atoms with Crippen molar-refractivity contribution in [2.24, 2.45) is 0 Å². The van der Waals surface area contributed by atoms with Crippen molar-refractivity contribution in [1.82, 2.24) is 10.6 Å². The molecule has 3 atom stereocenters. The van der Waals surface area contributed by atoms with E-state index < -0.39 is 21.1 Å². The molecule has 0 radical (unpaired) electrons. The number of fused-ring (bicyclic) bond motifs is 1. The van der Waals surface area contributed by atoms with Gasteiger partial charge in [0.25, 0.3) is 0 Å². The first kappa shape index (κ1) is 13.1. The summed E-state index contributed by atoms with van der Waals surface area (Å²) in [5.74, 6) is -1.17. The lowest BCUT2D eigenvalue weighted by Crippen LogP contribution is -2.39. The highest BCUT2D eigenvalue weighted by Crippen LogP contribution is 2.28. The Morgan fingerprint density at radius 3 is 2.72 bits per heavy atom. The third-order valence-electron chi connectivity index (χ3n) is 3.44. The molecule has 0 bridgehead atoms. The van der Waals surface area contributed by atoms with Gasteiger partial charge in [0, 0.05) is 5.97 Å². The number of carboxylic acids is 1.